The maximum Gasteiger partial charge on any atom is 0.212 e. The summed E-state index contributed by atoms with van der Waals surface area (Å²) in [6.45, 7) is 0.398. The number of hydrogen-bond donors (Lipinski definition) is 1. The van der Waals surface area contributed by atoms with Crippen molar-refractivity contribution in [1.82, 2.24) is 14.5 Å². The van der Waals surface area contributed by atoms with Gasteiger partial charge in [0, 0.05) is 6.54 Å². The van der Waals surface area contributed by atoms with Crippen LogP contribution in [0.3, 0.4) is 0 Å². The molecule has 5 aromatic rings. The lowest BCUT2D eigenvalue weighted by Crippen LogP contribution is -2.09. The number of nitrogens with zero attached hydrogens (tertiary/aromatic N) is 3. The minimum Gasteiger partial charge on any atom is -0.493 e. The van der Waals surface area contributed by atoms with Crippen LogP contribution in [0.5, 0.6) is 11.5 Å². The number of aromatic nitrogens is 3. The van der Waals surface area contributed by atoms with Crippen molar-refractivity contribution in [2.45, 2.75) is 22.8 Å². The Morgan fingerprint density at radius 2 is 1.51 bits per heavy atom. The van der Waals surface area contributed by atoms with Gasteiger partial charge >= 0.3 is 0 Å². The van der Waals surface area contributed by atoms with Gasteiger partial charge in [0.25, 0.3) is 0 Å². The Bertz CT molecular complexity index is 1650. The maximum atomic E-state index is 13.7. The molecule has 0 spiro atoms. The fraction of sp³-hybridized carbons (Fsp3) is 0.154. The molecule has 0 aliphatic heterocycles. The number of sulfone groups is 1. The van der Waals surface area contributed by atoms with Crippen LogP contribution in [0.25, 0.3) is 22.2 Å². The molecule has 0 atom stereocenters. The van der Waals surface area contributed by atoms with E-state index in [1.54, 1.807) is 55.2 Å². The van der Waals surface area contributed by atoms with Gasteiger partial charge in [0.15, 0.2) is 17.1 Å². The van der Waals surface area contributed by atoms with Crippen LogP contribution in [0.4, 0.5) is 5.82 Å². The van der Waals surface area contributed by atoms with E-state index in [9.17, 15) is 8.42 Å². The van der Waals surface area contributed by atoms with Crippen molar-refractivity contribution in [1.29, 1.82) is 0 Å². The second-order valence-corrected chi connectivity index (χ2v) is 9.89. The standard InChI is InChI=1S/C26H24N4O4S/c1-33-21-13-12-17(16-22(21)34-2)14-15-30-25(27)24(35(31,32)18-8-4-3-5-9-18)23-26(30)29-20-11-7-6-10-19(20)28-23/h3-13,16H,14-15,27H2,1-2H3. The fourth-order valence-electron chi connectivity index (χ4n) is 4.18. The third-order valence-corrected chi connectivity index (χ3v) is 7.77. The van der Waals surface area contributed by atoms with Gasteiger partial charge in [-0.25, -0.2) is 18.4 Å². The number of hydrogen-bond acceptors (Lipinski definition) is 7. The van der Waals surface area contributed by atoms with E-state index in [4.69, 9.17) is 20.2 Å². The van der Waals surface area contributed by atoms with Crippen molar-refractivity contribution in [2.24, 2.45) is 0 Å². The molecule has 0 unspecified atom stereocenters. The molecule has 2 aromatic heterocycles. The first-order chi connectivity index (χ1) is 16.9. The topological polar surface area (TPSA) is 109 Å². The van der Waals surface area contributed by atoms with Gasteiger partial charge in [-0.15, -0.1) is 0 Å². The molecular weight excluding hydrogens is 464 g/mol. The van der Waals surface area contributed by atoms with Crippen molar-refractivity contribution in [3.05, 3.63) is 78.4 Å². The quantitative estimate of drug-likeness (QED) is 0.365. The Morgan fingerprint density at radius 1 is 0.857 bits per heavy atom. The third-order valence-electron chi connectivity index (χ3n) is 5.94. The second-order valence-electron chi connectivity index (χ2n) is 8.01. The summed E-state index contributed by atoms with van der Waals surface area (Å²) in [6, 6.07) is 21.2. The molecule has 0 aliphatic carbocycles. The molecule has 8 nitrogen and oxygen atoms in total. The van der Waals surface area contributed by atoms with Gasteiger partial charge in [-0.1, -0.05) is 36.4 Å². The van der Waals surface area contributed by atoms with E-state index in [-0.39, 0.29) is 21.1 Å². The van der Waals surface area contributed by atoms with Crippen LogP contribution in [0, 0.1) is 0 Å². The molecule has 9 heteroatoms. The predicted octanol–water partition coefficient (Wildman–Crippen LogP) is 4.26. The summed E-state index contributed by atoms with van der Waals surface area (Å²) in [5, 5.41) is 0. The van der Waals surface area contributed by atoms with Crippen molar-refractivity contribution < 1.29 is 17.9 Å². The van der Waals surface area contributed by atoms with Crippen LogP contribution < -0.4 is 15.2 Å². The smallest absolute Gasteiger partial charge is 0.212 e. The van der Waals surface area contributed by atoms with Gasteiger partial charge in [-0.2, -0.15) is 0 Å². The summed E-state index contributed by atoms with van der Waals surface area (Å²) in [5.41, 5.74) is 9.45. The van der Waals surface area contributed by atoms with E-state index < -0.39 is 9.84 Å². The van der Waals surface area contributed by atoms with E-state index in [1.165, 1.54) is 0 Å². The molecule has 0 radical (unpaired) electrons. The zero-order valence-electron chi connectivity index (χ0n) is 19.3. The van der Waals surface area contributed by atoms with E-state index in [2.05, 4.69) is 4.98 Å². The number of para-hydroxylation sites is 2. The highest BCUT2D eigenvalue weighted by Gasteiger charge is 2.30. The van der Waals surface area contributed by atoms with Crippen LogP contribution in [-0.4, -0.2) is 37.2 Å². The van der Waals surface area contributed by atoms with Crippen molar-refractivity contribution >= 4 is 37.9 Å². The molecule has 0 bridgehead atoms. The number of nitrogen functional groups attached to an aromatic ring is 1. The summed E-state index contributed by atoms with van der Waals surface area (Å²) in [4.78, 5) is 9.56. The van der Waals surface area contributed by atoms with E-state index in [0.29, 0.717) is 41.1 Å². The zero-order chi connectivity index (χ0) is 24.6. The SMILES string of the molecule is COc1ccc(CCn2c(N)c(S(=O)(=O)c3ccccc3)c3nc4ccccc4nc32)cc1OC. The largest absolute Gasteiger partial charge is 0.493 e. The Morgan fingerprint density at radius 3 is 2.20 bits per heavy atom. The number of ether oxygens (including phenoxy) is 2. The van der Waals surface area contributed by atoms with E-state index >= 15 is 0 Å². The monoisotopic (exact) mass is 488 g/mol. The molecule has 0 aliphatic rings. The molecule has 5 rings (SSSR count). The van der Waals surface area contributed by atoms with Crippen LogP contribution in [-0.2, 0) is 22.8 Å². The highest BCUT2D eigenvalue weighted by atomic mass is 32.2. The molecular formula is C26H24N4O4S. The number of rotatable bonds is 7. The van der Waals surface area contributed by atoms with Crippen molar-refractivity contribution in [3.63, 3.8) is 0 Å². The van der Waals surface area contributed by atoms with E-state index in [1.807, 2.05) is 36.4 Å². The Balaban J connectivity index is 1.66. The van der Waals surface area contributed by atoms with Gasteiger partial charge in [0.05, 0.1) is 30.1 Å². The number of nitrogens with two attached hydrogens (primary N) is 1. The summed E-state index contributed by atoms with van der Waals surface area (Å²) < 4.78 is 39.8. The maximum absolute atomic E-state index is 13.7. The zero-order valence-corrected chi connectivity index (χ0v) is 20.1. The predicted molar refractivity (Wildman–Crippen MR) is 135 cm³/mol. The number of aryl methyl sites for hydroxylation is 2. The third kappa shape index (κ3) is 3.93. The van der Waals surface area contributed by atoms with E-state index in [0.717, 1.165) is 5.56 Å². The number of fused-ring (bicyclic) bond motifs is 2. The number of anilines is 1. The van der Waals surface area contributed by atoms with Crippen molar-refractivity contribution in [3.8, 4) is 11.5 Å². The highest BCUT2D eigenvalue weighted by Crippen LogP contribution is 2.35. The first kappa shape index (κ1) is 22.7. The first-order valence-corrected chi connectivity index (χ1v) is 12.5. The molecule has 0 amide bonds. The molecule has 2 N–H and O–H groups in total. The van der Waals surface area contributed by atoms with Gasteiger partial charge in [-0.05, 0) is 48.4 Å². The lowest BCUT2D eigenvalue weighted by Gasteiger charge is -2.11. The molecule has 3 aromatic carbocycles. The van der Waals surface area contributed by atoms with Crippen molar-refractivity contribution in [2.75, 3.05) is 20.0 Å². The minimum atomic E-state index is -3.93. The molecule has 0 fully saturated rings. The lowest BCUT2D eigenvalue weighted by atomic mass is 10.1. The Labute approximate surface area is 202 Å². The molecule has 2 heterocycles. The van der Waals surface area contributed by atoms with Gasteiger partial charge < -0.3 is 19.8 Å². The average molecular weight is 489 g/mol. The number of benzene rings is 3. The van der Waals surface area contributed by atoms with Gasteiger partial charge in [-0.3, -0.25) is 0 Å². The Hall–Kier alpha value is -4.11. The van der Waals surface area contributed by atoms with Gasteiger partial charge in [0.1, 0.15) is 16.2 Å². The van der Waals surface area contributed by atoms with Gasteiger partial charge in [0.2, 0.25) is 9.84 Å². The summed E-state index contributed by atoms with van der Waals surface area (Å²) in [6.07, 6.45) is 0.563. The number of methoxy groups -OCH3 is 2. The summed E-state index contributed by atoms with van der Waals surface area (Å²) >= 11 is 0. The molecule has 178 valence electrons. The van der Waals surface area contributed by atoms with Crippen LogP contribution in [0.2, 0.25) is 0 Å². The normalized spacial score (nSPS) is 11.7. The first-order valence-electron chi connectivity index (χ1n) is 11.0. The molecule has 35 heavy (non-hydrogen) atoms. The van der Waals surface area contributed by atoms with Crippen LogP contribution >= 0.6 is 0 Å². The van der Waals surface area contributed by atoms with Crippen LogP contribution in [0.15, 0.2) is 82.6 Å². The minimum absolute atomic E-state index is 0.0238. The fourth-order valence-corrected chi connectivity index (χ4v) is 5.70. The summed E-state index contributed by atoms with van der Waals surface area (Å²) in [7, 11) is -0.763. The Kier molecular flexibility index (Phi) is 5.78. The second kappa shape index (κ2) is 8.92. The summed E-state index contributed by atoms with van der Waals surface area (Å²) in [5.74, 6) is 1.36. The average Bonchev–Trinajstić information content (AvgIpc) is 3.16. The highest BCUT2D eigenvalue weighted by molar-refractivity contribution is 7.92. The van der Waals surface area contributed by atoms with Crippen LogP contribution in [0.1, 0.15) is 5.56 Å². The molecule has 0 saturated heterocycles. The molecule has 0 saturated carbocycles. The lowest BCUT2D eigenvalue weighted by molar-refractivity contribution is 0.354.